The minimum Gasteiger partial charge on any atom is -0.395 e. The van der Waals surface area contributed by atoms with Gasteiger partial charge < -0.3 is 9.84 Å². The Morgan fingerprint density at radius 3 is 2.95 bits per heavy atom. The molecule has 1 N–H and O–H groups in total. The van der Waals surface area contributed by atoms with Crippen molar-refractivity contribution in [2.24, 2.45) is 0 Å². The third-order valence-electron chi connectivity index (χ3n) is 3.51. The van der Waals surface area contributed by atoms with E-state index >= 15 is 0 Å². The summed E-state index contributed by atoms with van der Waals surface area (Å²) in [5.41, 5.74) is 1.19. The lowest BCUT2D eigenvalue weighted by Gasteiger charge is -2.22. The molecule has 0 saturated carbocycles. The average Bonchev–Trinajstić information content (AvgIpc) is 2.73. The summed E-state index contributed by atoms with van der Waals surface area (Å²) in [5.74, 6) is 0. The van der Waals surface area contributed by atoms with Crippen LogP contribution in [0.3, 0.4) is 0 Å². The minimum atomic E-state index is -0.128. The molecule has 7 heteroatoms. The lowest BCUT2D eigenvalue weighted by molar-refractivity contribution is 0.0694. The molecule has 1 aliphatic heterocycles. The van der Waals surface area contributed by atoms with Gasteiger partial charge in [0.15, 0.2) is 5.65 Å². The number of hydrogen-bond acceptors (Lipinski definition) is 5. The summed E-state index contributed by atoms with van der Waals surface area (Å²) in [4.78, 5) is 20.7. The molecule has 1 saturated heterocycles. The van der Waals surface area contributed by atoms with Crippen molar-refractivity contribution in [1.29, 1.82) is 0 Å². The Hall–Kier alpha value is -1.73. The van der Waals surface area contributed by atoms with E-state index in [9.17, 15) is 4.79 Å². The molecule has 0 amide bonds. The SMILES string of the molecule is O=c1n(CCO)c2cncnc2n1C1CCOCC1. The largest absolute Gasteiger partial charge is 0.395 e. The molecule has 2 aromatic heterocycles. The number of aliphatic hydroxyl groups excluding tert-OH is 1. The molecule has 0 aliphatic carbocycles. The van der Waals surface area contributed by atoms with Crippen LogP contribution >= 0.6 is 0 Å². The normalized spacial score (nSPS) is 17.1. The van der Waals surface area contributed by atoms with Gasteiger partial charge in [0.25, 0.3) is 0 Å². The molecule has 102 valence electrons. The Morgan fingerprint density at radius 2 is 2.21 bits per heavy atom. The second-order valence-corrected chi connectivity index (χ2v) is 4.60. The molecule has 0 spiro atoms. The first kappa shape index (κ1) is 12.3. The third kappa shape index (κ3) is 2.04. The number of hydrogen-bond donors (Lipinski definition) is 1. The van der Waals surface area contributed by atoms with Crippen molar-refractivity contribution in [2.75, 3.05) is 19.8 Å². The maximum Gasteiger partial charge on any atom is 0.330 e. The van der Waals surface area contributed by atoms with Crippen LogP contribution in [-0.4, -0.2) is 44.0 Å². The van der Waals surface area contributed by atoms with Crippen LogP contribution in [0.15, 0.2) is 17.3 Å². The van der Waals surface area contributed by atoms with E-state index in [0.717, 1.165) is 12.8 Å². The molecule has 0 unspecified atom stereocenters. The molecule has 0 atom stereocenters. The van der Waals surface area contributed by atoms with Gasteiger partial charge in [0.2, 0.25) is 0 Å². The van der Waals surface area contributed by atoms with E-state index in [-0.39, 0.29) is 24.9 Å². The number of aliphatic hydroxyl groups is 1. The summed E-state index contributed by atoms with van der Waals surface area (Å²) in [6.45, 7) is 1.50. The van der Waals surface area contributed by atoms with Gasteiger partial charge in [0, 0.05) is 19.3 Å². The highest BCUT2D eigenvalue weighted by atomic mass is 16.5. The van der Waals surface area contributed by atoms with Crippen LogP contribution in [0.2, 0.25) is 0 Å². The summed E-state index contributed by atoms with van der Waals surface area (Å²) < 4.78 is 8.58. The van der Waals surface area contributed by atoms with Crippen LogP contribution in [0.4, 0.5) is 0 Å². The minimum absolute atomic E-state index is 0.0817. The van der Waals surface area contributed by atoms with Crippen molar-refractivity contribution < 1.29 is 9.84 Å². The Kier molecular flexibility index (Phi) is 3.31. The van der Waals surface area contributed by atoms with Crippen molar-refractivity contribution in [2.45, 2.75) is 25.4 Å². The number of ether oxygens (including phenoxy) is 1. The van der Waals surface area contributed by atoms with E-state index in [4.69, 9.17) is 9.84 Å². The van der Waals surface area contributed by atoms with Gasteiger partial charge in [-0.15, -0.1) is 0 Å². The van der Waals surface area contributed by atoms with Gasteiger partial charge in [-0.25, -0.2) is 14.8 Å². The van der Waals surface area contributed by atoms with Gasteiger partial charge in [-0.2, -0.15) is 0 Å². The molecule has 1 fully saturated rings. The summed E-state index contributed by atoms with van der Waals surface area (Å²) in [7, 11) is 0. The highest BCUT2D eigenvalue weighted by Crippen LogP contribution is 2.22. The number of aromatic nitrogens is 4. The molecule has 0 aromatic carbocycles. The van der Waals surface area contributed by atoms with Crippen molar-refractivity contribution in [1.82, 2.24) is 19.1 Å². The average molecular weight is 264 g/mol. The van der Waals surface area contributed by atoms with Crippen LogP contribution in [0, 0.1) is 0 Å². The van der Waals surface area contributed by atoms with Gasteiger partial charge in [0.05, 0.1) is 19.3 Å². The van der Waals surface area contributed by atoms with E-state index in [1.54, 1.807) is 10.8 Å². The van der Waals surface area contributed by atoms with E-state index in [2.05, 4.69) is 9.97 Å². The number of fused-ring (bicyclic) bond motifs is 1. The van der Waals surface area contributed by atoms with Crippen molar-refractivity contribution in [3.63, 3.8) is 0 Å². The maximum absolute atomic E-state index is 12.5. The summed E-state index contributed by atoms with van der Waals surface area (Å²) in [6.07, 6.45) is 4.68. The van der Waals surface area contributed by atoms with Crippen LogP contribution in [0.1, 0.15) is 18.9 Å². The molecule has 19 heavy (non-hydrogen) atoms. The van der Waals surface area contributed by atoms with E-state index in [1.165, 1.54) is 10.9 Å². The zero-order valence-electron chi connectivity index (χ0n) is 10.5. The maximum atomic E-state index is 12.5. The molecule has 3 rings (SSSR count). The molecule has 0 bridgehead atoms. The highest BCUT2D eigenvalue weighted by molar-refractivity contribution is 5.70. The zero-order chi connectivity index (χ0) is 13.2. The lowest BCUT2D eigenvalue weighted by Crippen LogP contribution is -2.31. The van der Waals surface area contributed by atoms with Gasteiger partial charge in [0.1, 0.15) is 11.8 Å². The van der Waals surface area contributed by atoms with Crippen LogP contribution < -0.4 is 5.69 Å². The fraction of sp³-hybridized carbons (Fsp3) is 0.583. The zero-order valence-corrected chi connectivity index (χ0v) is 10.5. The summed E-state index contributed by atoms with van der Waals surface area (Å²) in [5, 5.41) is 9.09. The lowest BCUT2D eigenvalue weighted by atomic mass is 10.1. The van der Waals surface area contributed by atoms with Crippen molar-refractivity contribution in [3.05, 3.63) is 23.0 Å². The fourth-order valence-electron chi connectivity index (χ4n) is 2.60. The summed E-state index contributed by atoms with van der Waals surface area (Å²) >= 11 is 0. The predicted octanol–water partition coefficient (Wildman–Crippen LogP) is -0.0632. The first-order valence-corrected chi connectivity index (χ1v) is 6.42. The van der Waals surface area contributed by atoms with Crippen molar-refractivity contribution in [3.8, 4) is 0 Å². The Balaban J connectivity index is 2.17. The number of imidazole rings is 1. The number of nitrogens with zero attached hydrogens (tertiary/aromatic N) is 4. The monoisotopic (exact) mass is 264 g/mol. The first-order chi connectivity index (χ1) is 9.33. The van der Waals surface area contributed by atoms with Crippen LogP contribution in [0.5, 0.6) is 0 Å². The Morgan fingerprint density at radius 1 is 1.42 bits per heavy atom. The quantitative estimate of drug-likeness (QED) is 0.839. The second kappa shape index (κ2) is 5.10. The Bertz CT molecular complexity index is 627. The van der Waals surface area contributed by atoms with E-state index < -0.39 is 0 Å². The Labute approximate surface area is 109 Å². The molecular weight excluding hydrogens is 248 g/mol. The molecule has 1 aliphatic rings. The smallest absolute Gasteiger partial charge is 0.330 e. The van der Waals surface area contributed by atoms with Crippen molar-refractivity contribution >= 4 is 11.2 Å². The molecular formula is C12H16N4O3. The standard InChI is InChI=1S/C12H16N4O3/c17-4-3-15-10-7-13-8-14-11(10)16(12(15)18)9-1-5-19-6-2-9/h7-9,17H,1-6H2. The van der Waals surface area contributed by atoms with Gasteiger partial charge in [-0.1, -0.05) is 0 Å². The van der Waals surface area contributed by atoms with E-state index in [1.807, 2.05) is 0 Å². The molecule has 0 radical (unpaired) electrons. The topological polar surface area (TPSA) is 82.2 Å². The van der Waals surface area contributed by atoms with Gasteiger partial charge in [-0.05, 0) is 12.8 Å². The number of rotatable bonds is 3. The fourth-order valence-corrected chi connectivity index (χ4v) is 2.60. The third-order valence-corrected chi connectivity index (χ3v) is 3.51. The van der Waals surface area contributed by atoms with Gasteiger partial charge in [-0.3, -0.25) is 9.13 Å². The first-order valence-electron chi connectivity index (χ1n) is 6.42. The predicted molar refractivity (Wildman–Crippen MR) is 68.0 cm³/mol. The molecule has 7 nitrogen and oxygen atoms in total. The molecule has 2 aromatic rings. The molecule has 3 heterocycles. The van der Waals surface area contributed by atoms with Crippen LogP contribution in [0.25, 0.3) is 11.2 Å². The van der Waals surface area contributed by atoms with Crippen LogP contribution in [-0.2, 0) is 11.3 Å². The summed E-state index contributed by atoms with van der Waals surface area (Å²) in [6, 6.07) is 0.110. The van der Waals surface area contributed by atoms with Gasteiger partial charge >= 0.3 is 5.69 Å². The second-order valence-electron chi connectivity index (χ2n) is 4.60. The highest BCUT2D eigenvalue weighted by Gasteiger charge is 2.23. The van der Waals surface area contributed by atoms with E-state index in [0.29, 0.717) is 24.4 Å².